The molecule has 0 aromatic heterocycles. The number of ketones is 1. The molecule has 0 N–H and O–H groups in total. The number of rotatable bonds is 4. The standard InChI is InChI=1S/C28H34O2/c1-27(2,3)24-18-21(19-13-15-22(30-7)16-14-19)17-23(20-11-9-8-10-12-20)25(24)26(29)28(4,5)6/h8-18,23,25H,1-7H3/t23-,25-/m1/s1. The molecular formula is C28H34O2. The molecule has 2 atom stereocenters. The van der Waals surface area contributed by atoms with Gasteiger partial charge in [0.1, 0.15) is 11.5 Å². The van der Waals surface area contributed by atoms with Crippen molar-refractivity contribution in [3.05, 3.63) is 83.4 Å². The van der Waals surface area contributed by atoms with Gasteiger partial charge in [-0.2, -0.15) is 0 Å². The van der Waals surface area contributed by atoms with Crippen molar-refractivity contribution in [2.45, 2.75) is 47.5 Å². The number of benzene rings is 2. The van der Waals surface area contributed by atoms with Crippen molar-refractivity contribution < 1.29 is 9.53 Å². The van der Waals surface area contributed by atoms with Gasteiger partial charge in [0.05, 0.1) is 13.0 Å². The van der Waals surface area contributed by atoms with Gasteiger partial charge in [-0.1, -0.05) is 102 Å². The Kier molecular flexibility index (Phi) is 6.08. The summed E-state index contributed by atoms with van der Waals surface area (Å²) in [5, 5.41) is 0. The second kappa shape index (κ2) is 8.26. The Morgan fingerprint density at radius 3 is 1.97 bits per heavy atom. The Balaban J connectivity index is 2.20. The van der Waals surface area contributed by atoms with Crippen LogP contribution in [-0.4, -0.2) is 12.9 Å². The fourth-order valence-electron chi connectivity index (χ4n) is 4.17. The predicted octanol–water partition coefficient (Wildman–Crippen LogP) is 7.08. The summed E-state index contributed by atoms with van der Waals surface area (Å²) in [4.78, 5) is 13.7. The van der Waals surface area contributed by atoms with Crippen LogP contribution in [0.3, 0.4) is 0 Å². The third kappa shape index (κ3) is 4.59. The molecule has 0 heterocycles. The summed E-state index contributed by atoms with van der Waals surface area (Å²) < 4.78 is 5.33. The van der Waals surface area contributed by atoms with Gasteiger partial charge in [-0.3, -0.25) is 4.79 Å². The van der Waals surface area contributed by atoms with E-state index in [4.69, 9.17) is 4.74 Å². The summed E-state index contributed by atoms with van der Waals surface area (Å²) in [6.45, 7) is 12.7. The normalized spacial score (nSPS) is 19.7. The molecule has 158 valence electrons. The van der Waals surface area contributed by atoms with E-state index in [9.17, 15) is 4.79 Å². The summed E-state index contributed by atoms with van der Waals surface area (Å²) in [5.41, 5.74) is 4.15. The van der Waals surface area contributed by atoms with Crippen LogP contribution in [0.25, 0.3) is 5.57 Å². The van der Waals surface area contributed by atoms with Crippen LogP contribution in [0.1, 0.15) is 58.6 Å². The van der Waals surface area contributed by atoms with Gasteiger partial charge < -0.3 is 4.74 Å². The van der Waals surface area contributed by atoms with Crippen molar-refractivity contribution in [1.29, 1.82) is 0 Å². The average molecular weight is 403 g/mol. The van der Waals surface area contributed by atoms with E-state index in [1.54, 1.807) is 7.11 Å². The first-order chi connectivity index (χ1) is 14.0. The third-order valence-electron chi connectivity index (χ3n) is 5.86. The zero-order valence-electron chi connectivity index (χ0n) is 19.3. The van der Waals surface area contributed by atoms with Gasteiger partial charge in [0.15, 0.2) is 0 Å². The fourth-order valence-corrected chi connectivity index (χ4v) is 4.17. The van der Waals surface area contributed by atoms with Gasteiger partial charge >= 0.3 is 0 Å². The molecule has 0 saturated carbocycles. The number of carbonyl (C=O) groups is 1. The Morgan fingerprint density at radius 2 is 1.47 bits per heavy atom. The SMILES string of the molecule is COc1ccc(C2=C[C@H](c3ccccc3)[C@@H](C(=O)C(C)(C)C)C(C(C)(C)C)=C2)cc1. The van der Waals surface area contributed by atoms with Gasteiger partial charge in [0, 0.05) is 11.3 Å². The van der Waals surface area contributed by atoms with E-state index in [1.165, 1.54) is 11.1 Å². The van der Waals surface area contributed by atoms with E-state index >= 15 is 0 Å². The van der Waals surface area contributed by atoms with Crippen LogP contribution in [0.5, 0.6) is 5.75 Å². The summed E-state index contributed by atoms with van der Waals surface area (Å²) in [6.07, 6.45) is 4.52. The maximum atomic E-state index is 13.7. The highest BCUT2D eigenvalue weighted by molar-refractivity contribution is 5.92. The van der Waals surface area contributed by atoms with E-state index < -0.39 is 5.41 Å². The average Bonchev–Trinajstić information content (AvgIpc) is 2.71. The number of allylic oxidation sites excluding steroid dienone is 4. The largest absolute Gasteiger partial charge is 0.497 e. The Labute approximate surface area is 181 Å². The minimum atomic E-state index is -0.409. The molecule has 0 unspecified atom stereocenters. The van der Waals surface area contributed by atoms with E-state index in [1.807, 2.05) is 39.0 Å². The monoisotopic (exact) mass is 402 g/mol. The zero-order valence-corrected chi connectivity index (χ0v) is 19.3. The summed E-state index contributed by atoms with van der Waals surface area (Å²) >= 11 is 0. The number of Topliss-reactive ketones (excluding diaryl/α,β-unsaturated/α-hetero) is 1. The molecule has 30 heavy (non-hydrogen) atoms. The lowest BCUT2D eigenvalue weighted by molar-refractivity contribution is -0.130. The first-order valence-electron chi connectivity index (χ1n) is 10.7. The Morgan fingerprint density at radius 1 is 0.867 bits per heavy atom. The van der Waals surface area contributed by atoms with Gasteiger partial charge in [-0.15, -0.1) is 0 Å². The number of hydrogen-bond acceptors (Lipinski definition) is 2. The summed E-state index contributed by atoms with van der Waals surface area (Å²) in [5.74, 6) is 0.974. The van der Waals surface area contributed by atoms with Gasteiger partial charge in [-0.25, -0.2) is 0 Å². The highest BCUT2D eigenvalue weighted by atomic mass is 16.5. The molecule has 0 spiro atoms. The first kappa shape index (κ1) is 22.1. The molecule has 0 fully saturated rings. The van der Waals surface area contributed by atoms with E-state index in [-0.39, 0.29) is 17.3 Å². The minimum absolute atomic E-state index is 0.00857. The molecule has 2 nitrogen and oxygen atoms in total. The van der Waals surface area contributed by atoms with Crippen LogP contribution < -0.4 is 4.74 Å². The van der Waals surface area contributed by atoms with Gasteiger partial charge in [0.25, 0.3) is 0 Å². The number of carbonyl (C=O) groups excluding carboxylic acids is 1. The van der Waals surface area contributed by atoms with Crippen molar-refractivity contribution in [3.63, 3.8) is 0 Å². The van der Waals surface area contributed by atoms with E-state index in [0.717, 1.165) is 16.9 Å². The summed E-state index contributed by atoms with van der Waals surface area (Å²) in [7, 11) is 1.68. The van der Waals surface area contributed by atoms with E-state index in [2.05, 4.69) is 69.3 Å². The number of methoxy groups -OCH3 is 1. The fraction of sp³-hybridized carbons (Fsp3) is 0.393. The smallest absolute Gasteiger partial charge is 0.146 e. The van der Waals surface area contributed by atoms with Crippen LogP contribution in [0.15, 0.2) is 72.3 Å². The van der Waals surface area contributed by atoms with E-state index in [0.29, 0.717) is 5.78 Å². The van der Waals surface area contributed by atoms with Crippen LogP contribution in [0.4, 0.5) is 0 Å². The van der Waals surface area contributed by atoms with Crippen molar-refractivity contribution in [1.82, 2.24) is 0 Å². The molecule has 2 aromatic carbocycles. The van der Waals surface area contributed by atoms with Crippen molar-refractivity contribution >= 4 is 11.4 Å². The highest BCUT2D eigenvalue weighted by Crippen LogP contribution is 2.48. The number of hydrogen-bond donors (Lipinski definition) is 0. The highest BCUT2D eigenvalue weighted by Gasteiger charge is 2.42. The molecule has 0 radical (unpaired) electrons. The van der Waals surface area contributed by atoms with Crippen molar-refractivity contribution in [2.75, 3.05) is 7.11 Å². The quantitative estimate of drug-likeness (QED) is 0.546. The predicted molar refractivity (Wildman–Crippen MR) is 126 cm³/mol. The lowest BCUT2D eigenvalue weighted by Crippen LogP contribution is -2.37. The molecule has 0 aliphatic heterocycles. The van der Waals surface area contributed by atoms with Crippen LogP contribution in [0.2, 0.25) is 0 Å². The second-order valence-corrected chi connectivity index (χ2v) is 10.2. The molecule has 0 saturated heterocycles. The minimum Gasteiger partial charge on any atom is -0.497 e. The molecule has 2 aromatic rings. The van der Waals surface area contributed by atoms with Crippen LogP contribution in [-0.2, 0) is 4.79 Å². The first-order valence-corrected chi connectivity index (χ1v) is 10.7. The van der Waals surface area contributed by atoms with Gasteiger partial charge in [-0.05, 0) is 34.2 Å². The van der Waals surface area contributed by atoms with Gasteiger partial charge in [0.2, 0.25) is 0 Å². The Bertz CT molecular complexity index is 948. The molecule has 2 heteroatoms. The summed E-state index contributed by atoms with van der Waals surface area (Å²) in [6, 6.07) is 18.6. The molecule has 1 aliphatic rings. The maximum absolute atomic E-state index is 13.7. The lowest BCUT2D eigenvalue weighted by Gasteiger charge is -2.40. The van der Waals surface area contributed by atoms with Crippen molar-refractivity contribution in [3.8, 4) is 5.75 Å². The third-order valence-corrected chi connectivity index (χ3v) is 5.86. The lowest BCUT2D eigenvalue weighted by atomic mass is 9.63. The van der Waals surface area contributed by atoms with Crippen molar-refractivity contribution in [2.24, 2.45) is 16.7 Å². The maximum Gasteiger partial charge on any atom is 0.146 e. The molecule has 0 amide bonds. The molecular weight excluding hydrogens is 368 g/mol. The Hall–Kier alpha value is -2.61. The zero-order chi connectivity index (χ0) is 22.1. The second-order valence-electron chi connectivity index (χ2n) is 10.2. The molecule has 0 bridgehead atoms. The molecule has 3 rings (SSSR count). The van der Waals surface area contributed by atoms with Crippen LogP contribution in [0, 0.1) is 16.7 Å². The number of ether oxygens (including phenoxy) is 1. The van der Waals surface area contributed by atoms with Crippen LogP contribution >= 0.6 is 0 Å². The molecule has 1 aliphatic carbocycles. The topological polar surface area (TPSA) is 26.3 Å².